The normalized spacial score (nSPS) is 12.9. The van der Waals surface area contributed by atoms with E-state index in [4.69, 9.17) is 10.2 Å². The topological polar surface area (TPSA) is 57.5 Å². The Morgan fingerprint density at radius 2 is 2.17 bits per heavy atom. The van der Waals surface area contributed by atoms with Crippen LogP contribution in [0.2, 0.25) is 0 Å². The maximum atomic E-state index is 10.3. The molecule has 66 valence electrons. The minimum Gasteiger partial charge on any atom is -0.479 e. The molecule has 0 aliphatic carbocycles. The van der Waals surface area contributed by atoms with E-state index in [0.29, 0.717) is 4.88 Å². The van der Waals surface area contributed by atoms with Crippen LogP contribution in [0.4, 0.5) is 0 Å². The molecule has 0 aliphatic rings. The predicted molar refractivity (Wildman–Crippen MR) is 52.3 cm³/mol. The van der Waals surface area contributed by atoms with Crippen LogP contribution in [0, 0.1) is 0 Å². The number of rotatable bonds is 2. The Bertz CT molecular complexity index is 290. The van der Waals surface area contributed by atoms with Gasteiger partial charge in [-0.05, 0) is 37.9 Å². The fourth-order valence-electron chi connectivity index (χ4n) is 0.620. The molecule has 0 saturated carbocycles. The second-order valence-corrected chi connectivity index (χ2v) is 5.27. The lowest BCUT2D eigenvalue weighted by atomic mass is 10.3. The number of hydrogen-bond acceptors (Lipinski definition) is 3. The van der Waals surface area contributed by atoms with Gasteiger partial charge >= 0.3 is 5.97 Å². The van der Waals surface area contributed by atoms with Crippen LogP contribution in [-0.2, 0) is 4.79 Å². The molecule has 12 heavy (non-hydrogen) atoms. The highest BCUT2D eigenvalue weighted by molar-refractivity contribution is 9.13. The molecule has 0 bridgehead atoms. The Labute approximate surface area is 89.3 Å². The van der Waals surface area contributed by atoms with Crippen LogP contribution >= 0.6 is 43.2 Å². The molecule has 1 atom stereocenters. The number of halogens is 2. The zero-order valence-electron chi connectivity index (χ0n) is 5.62. The second kappa shape index (κ2) is 3.87. The minimum atomic E-state index is -1.43. The first-order chi connectivity index (χ1) is 5.52. The smallest absolute Gasteiger partial charge is 0.338 e. The van der Waals surface area contributed by atoms with Crippen LogP contribution in [0.25, 0.3) is 0 Å². The summed E-state index contributed by atoms with van der Waals surface area (Å²) in [6.07, 6.45) is -1.43. The molecule has 1 heterocycles. The molecule has 0 saturated heterocycles. The number of carboxylic acids is 1. The van der Waals surface area contributed by atoms with Gasteiger partial charge in [0.2, 0.25) is 0 Å². The van der Waals surface area contributed by atoms with Crippen LogP contribution in [0.3, 0.4) is 0 Å². The van der Waals surface area contributed by atoms with Gasteiger partial charge in [0.1, 0.15) is 0 Å². The molecule has 0 aromatic carbocycles. The molecule has 1 rings (SSSR count). The maximum Gasteiger partial charge on any atom is 0.338 e. The van der Waals surface area contributed by atoms with Gasteiger partial charge in [0.15, 0.2) is 6.10 Å². The molecule has 0 amide bonds. The Hall–Kier alpha value is 0.0900. The van der Waals surface area contributed by atoms with E-state index >= 15 is 0 Å². The maximum absolute atomic E-state index is 10.3. The molecule has 3 nitrogen and oxygen atoms in total. The number of aliphatic hydroxyl groups excluding tert-OH is 1. The van der Waals surface area contributed by atoms with Gasteiger partial charge in [0.25, 0.3) is 0 Å². The molecule has 0 radical (unpaired) electrons. The largest absolute Gasteiger partial charge is 0.479 e. The lowest BCUT2D eigenvalue weighted by Crippen LogP contribution is -2.08. The van der Waals surface area contributed by atoms with Gasteiger partial charge in [0.05, 0.1) is 3.79 Å². The summed E-state index contributed by atoms with van der Waals surface area (Å²) in [5.41, 5.74) is 0. The molecule has 0 aliphatic heterocycles. The van der Waals surface area contributed by atoms with Gasteiger partial charge in [0, 0.05) is 9.35 Å². The second-order valence-electron chi connectivity index (χ2n) is 2.01. The van der Waals surface area contributed by atoms with E-state index < -0.39 is 12.1 Å². The highest BCUT2D eigenvalue weighted by Crippen LogP contribution is 2.35. The summed E-state index contributed by atoms with van der Waals surface area (Å²) < 4.78 is 1.53. The van der Waals surface area contributed by atoms with Crippen LogP contribution in [0.15, 0.2) is 14.3 Å². The van der Waals surface area contributed by atoms with Crippen LogP contribution in [0.5, 0.6) is 0 Å². The molecular formula is C6H4Br2O3S. The van der Waals surface area contributed by atoms with Crippen molar-refractivity contribution >= 4 is 49.2 Å². The van der Waals surface area contributed by atoms with E-state index in [9.17, 15) is 4.79 Å². The van der Waals surface area contributed by atoms with Crippen molar-refractivity contribution in [1.82, 2.24) is 0 Å². The summed E-state index contributed by atoms with van der Waals surface area (Å²) in [7, 11) is 0. The fourth-order valence-corrected chi connectivity index (χ4v) is 2.69. The molecule has 0 spiro atoms. The molecule has 0 fully saturated rings. The number of thiophene rings is 1. The third-order valence-electron chi connectivity index (χ3n) is 1.17. The van der Waals surface area contributed by atoms with E-state index in [-0.39, 0.29) is 0 Å². The lowest BCUT2D eigenvalue weighted by Gasteiger charge is -1.99. The van der Waals surface area contributed by atoms with E-state index in [1.54, 1.807) is 6.07 Å². The Balaban J connectivity index is 2.96. The van der Waals surface area contributed by atoms with Gasteiger partial charge in [-0.3, -0.25) is 0 Å². The first-order valence-electron chi connectivity index (χ1n) is 2.88. The van der Waals surface area contributed by atoms with Crippen molar-refractivity contribution in [3.8, 4) is 0 Å². The monoisotopic (exact) mass is 314 g/mol. The third kappa shape index (κ3) is 2.07. The molecule has 1 unspecified atom stereocenters. The lowest BCUT2D eigenvalue weighted by molar-refractivity contribution is -0.146. The Kier molecular flexibility index (Phi) is 3.28. The van der Waals surface area contributed by atoms with E-state index in [1.165, 1.54) is 11.3 Å². The summed E-state index contributed by atoms with van der Waals surface area (Å²) in [4.78, 5) is 10.8. The minimum absolute atomic E-state index is 0.404. The average molecular weight is 316 g/mol. The van der Waals surface area contributed by atoms with E-state index in [1.807, 2.05) is 0 Å². The van der Waals surface area contributed by atoms with Crippen LogP contribution in [-0.4, -0.2) is 16.2 Å². The molecule has 6 heteroatoms. The standard InChI is InChI=1S/C6H4Br2O3S/c7-2-1-3(12-5(2)8)4(9)6(10)11/h1,4,9H,(H,10,11). The van der Waals surface area contributed by atoms with Gasteiger partial charge in [-0.1, -0.05) is 0 Å². The van der Waals surface area contributed by atoms with E-state index in [2.05, 4.69) is 31.9 Å². The van der Waals surface area contributed by atoms with Crippen molar-refractivity contribution in [2.24, 2.45) is 0 Å². The first kappa shape index (κ1) is 10.2. The van der Waals surface area contributed by atoms with Crippen molar-refractivity contribution in [1.29, 1.82) is 0 Å². The fraction of sp³-hybridized carbons (Fsp3) is 0.167. The Morgan fingerprint density at radius 1 is 1.58 bits per heavy atom. The van der Waals surface area contributed by atoms with Crippen LogP contribution < -0.4 is 0 Å². The summed E-state index contributed by atoms with van der Waals surface area (Å²) in [6, 6.07) is 1.58. The average Bonchev–Trinajstić information content (AvgIpc) is 2.30. The van der Waals surface area contributed by atoms with Crippen molar-refractivity contribution in [2.45, 2.75) is 6.10 Å². The van der Waals surface area contributed by atoms with Crippen molar-refractivity contribution < 1.29 is 15.0 Å². The predicted octanol–water partition coefficient (Wildman–Crippen LogP) is 2.39. The summed E-state index contributed by atoms with van der Waals surface area (Å²) in [6.45, 7) is 0. The first-order valence-corrected chi connectivity index (χ1v) is 5.28. The van der Waals surface area contributed by atoms with Gasteiger partial charge in [-0.15, -0.1) is 11.3 Å². The van der Waals surface area contributed by atoms with Crippen molar-refractivity contribution in [2.75, 3.05) is 0 Å². The quantitative estimate of drug-likeness (QED) is 0.881. The Morgan fingerprint density at radius 3 is 2.50 bits per heavy atom. The van der Waals surface area contributed by atoms with Crippen molar-refractivity contribution in [3.05, 3.63) is 19.2 Å². The summed E-state index contributed by atoms with van der Waals surface area (Å²) >= 11 is 7.58. The SMILES string of the molecule is O=C(O)C(O)c1cc(Br)c(Br)s1. The number of hydrogen-bond donors (Lipinski definition) is 2. The highest BCUT2D eigenvalue weighted by atomic mass is 79.9. The van der Waals surface area contributed by atoms with Gasteiger partial charge in [-0.25, -0.2) is 4.79 Å². The summed E-state index contributed by atoms with van der Waals surface area (Å²) in [5.74, 6) is -1.24. The highest BCUT2D eigenvalue weighted by Gasteiger charge is 2.19. The molecule has 2 N–H and O–H groups in total. The van der Waals surface area contributed by atoms with Gasteiger partial charge in [-0.2, -0.15) is 0 Å². The molecule has 1 aromatic rings. The number of carboxylic acid groups (broad SMARTS) is 1. The van der Waals surface area contributed by atoms with Gasteiger partial charge < -0.3 is 10.2 Å². The molecular weight excluding hydrogens is 312 g/mol. The summed E-state index contributed by atoms with van der Waals surface area (Å²) in [5, 5.41) is 17.6. The third-order valence-corrected chi connectivity index (χ3v) is 4.48. The zero-order chi connectivity index (χ0) is 9.30. The van der Waals surface area contributed by atoms with Crippen molar-refractivity contribution in [3.63, 3.8) is 0 Å². The molecule has 1 aromatic heterocycles. The van der Waals surface area contributed by atoms with E-state index in [0.717, 1.165) is 8.26 Å². The number of aliphatic carboxylic acids is 1. The number of carbonyl (C=O) groups is 1. The zero-order valence-corrected chi connectivity index (χ0v) is 9.61. The van der Waals surface area contributed by atoms with Crippen LogP contribution in [0.1, 0.15) is 11.0 Å². The number of aliphatic hydroxyl groups is 1.